The molecular formula is C18H22ClN3O2. The molecular weight excluding hydrogens is 326 g/mol. The van der Waals surface area contributed by atoms with Gasteiger partial charge in [-0.15, -0.1) is 0 Å². The maximum Gasteiger partial charge on any atom is 0.224 e. The number of aromatic nitrogens is 1. The lowest BCUT2D eigenvalue weighted by atomic mass is 10.2. The first-order valence-corrected chi connectivity index (χ1v) is 8.16. The maximum atomic E-state index is 12.1. The topological polar surface area (TPSA) is 54.5 Å². The Labute approximate surface area is 147 Å². The number of halogens is 1. The summed E-state index contributed by atoms with van der Waals surface area (Å²) < 4.78 is 5.65. The summed E-state index contributed by atoms with van der Waals surface area (Å²) in [5, 5.41) is 3.61. The molecule has 1 aromatic heterocycles. The Hall–Kier alpha value is -2.27. The van der Waals surface area contributed by atoms with Crippen LogP contribution in [0.15, 0.2) is 36.5 Å². The zero-order chi connectivity index (χ0) is 17.5. The van der Waals surface area contributed by atoms with E-state index in [-0.39, 0.29) is 5.91 Å². The van der Waals surface area contributed by atoms with Gasteiger partial charge in [0.25, 0.3) is 0 Å². The van der Waals surface area contributed by atoms with Crippen LogP contribution in [0.4, 0.5) is 11.5 Å². The van der Waals surface area contributed by atoms with Crippen LogP contribution in [0.1, 0.15) is 18.4 Å². The second-order valence-corrected chi connectivity index (χ2v) is 6.09. The minimum Gasteiger partial charge on any atom is -0.494 e. The molecule has 0 spiro atoms. The molecule has 24 heavy (non-hydrogen) atoms. The van der Waals surface area contributed by atoms with Gasteiger partial charge >= 0.3 is 0 Å². The summed E-state index contributed by atoms with van der Waals surface area (Å²) in [6, 6.07) is 9.17. The Morgan fingerprint density at radius 3 is 2.83 bits per heavy atom. The smallest absolute Gasteiger partial charge is 0.224 e. The number of amides is 1. The van der Waals surface area contributed by atoms with Crippen LogP contribution in [0.3, 0.4) is 0 Å². The van der Waals surface area contributed by atoms with E-state index >= 15 is 0 Å². The highest BCUT2D eigenvalue weighted by Crippen LogP contribution is 2.22. The Bertz CT molecular complexity index is 704. The number of hydrogen-bond acceptors (Lipinski definition) is 4. The molecule has 5 nitrogen and oxygen atoms in total. The van der Waals surface area contributed by atoms with Crippen molar-refractivity contribution in [2.45, 2.75) is 19.8 Å². The normalized spacial score (nSPS) is 10.3. The average Bonchev–Trinajstić information content (AvgIpc) is 2.55. The highest BCUT2D eigenvalue weighted by Gasteiger charge is 2.09. The summed E-state index contributed by atoms with van der Waals surface area (Å²) in [6.07, 6.45) is 2.71. The van der Waals surface area contributed by atoms with Crippen molar-refractivity contribution in [2.24, 2.45) is 0 Å². The van der Waals surface area contributed by atoms with Crippen molar-refractivity contribution < 1.29 is 9.53 Å². The predicted molar refractivity (Wildman–Crippen MR) is 98.1 cm³/mol. The van der Waals surface area contributed by atoms with Crippen molar-refractivity contribution in [1.29, 1.82) is 0 Å². The van der Waals surface area contributed by atoms with Gasteiger partial charge in [0.15, 0.2) is 5.82 Å². The van der Waals surface area contributed by atoms with Crippen molar-refractivity contribution in [3.8, 4) is 5.75 Å². The molecule has 2 rings (SSSR count). The number of aryl methyl sites for hydroxylation is 1. The molecule has 0 aliphatic rings. The second-order valence-electron chi connectivity index (χ2n) is 5.68. The Morgan fingerprint density at radius 2 is 2.12 bits per heavy atom. The minimum absolute atomic E-state index is 0.0537. The van der Waals surface area contributed by atoms with Gasteiger partial charge in [-0.25, -0.2) is 4.98 Å². The van der Waals surface area contributed by atoms with Gasteiger partial charge in [-0.05, 0) is 49.2 Å². The van der Waals surface area contributed by atoms with Crippen molar-refractivity contribution in [3.05, 3.63) is 47.1 Å². The Morgan fingerprint density at radius 1 is 1.33 bits per heavy atom. The van der Waals surface area contributed by atoms with Crippen LogP contribution >= 0.6 is 11.6 Å². The van der Waals surface area contributed by atoms with Gasteiger partial charge in [0.1, 0.15) is 5.75 Å². The van der Waals surface area contributed by atoms with Crippen LogP contribution in [0.5, 0.6) is 5.75 Å². The number of nitrogens with one attached hydrogen (secondary N) is 1. The SMILES string of the molecule is Cc1cc(OCCCC(=O)Nc2cccnc2N(C)C)ccc1Cl. The van der Waals surface area contributed by atoms with E-state index in [2.05, 4.69) is 10.3 Å². The number of benzene rings is 1. The van der Waals surface area contributed by atoms with E-state index in [1.807, 2.05) is 50.2 Å². The average molecular weight is 348 g/mol. The molecule has 0 saturated heterocycles. The number of ether oxygens (including phenoxy) is 1. The van der Waals surface area contributed by atoms with Gasteiger partial charge in [-0.3, -0.25) is 4.79 Å². The van der Waals surface area contributed by atoms with Crippen LogP contribution in [0, 0.1) is 6.92 Å². The van der Waals surface area contributed by atoms with Crippen LogP contribution < -0.4 is 15.0 Å². The summed E-state index contributed by atoms with van der Waals surface area (Å²) >= 11 is 5.98. The molecule has 0 aliphatic carbocycles. The summed E-state index contributed by atoms with van der Waals surface area (Å²) in [7, 11) is 3.78. The lowest BCUT2D eigenvalue weighted by Crippen LogP contribution is -2.18. The minimum atomic E-state index is -0.0537. The monoisotopic (exact) mass is 347 g/mol. The Balaban J connectivity index is 1.78. The molecule has 0 fully saturated rings. The van der Waals surface area contributed by atoms with E-state index in [4.69, 9.17) is 16.3 Å². The molecule has 6 heteroatoms. The molecule has 0 bridgehead atoms. The summed E-state index contributed by atoms with van der Waals surface area (Å²) in [6.45, 7) is 2.40. The maximum absolute atomic E-state index is 12.1. The third-order valence-corrected chi connectivity index (χ3v) is 3.85. The molecule has 2 aromatic rings. The molecule has 128 valence electrons. The summed E-state index contributed by atoms with van der Waals surface area (Å²) in [4.78, 5) is 18.2. The quantitative estimate of drug-likeness (QED) is 0.771. The fraction of sp³-hybridized carbons (Fsp3) is 0.333. The number of carbonyl (C=O) groups is 1. The van der Waals surface area contributed by atoms with Gasteiger partial charge < -0.3 is 15.0 Å². The first-order valence-electron chi connectivity index (χ1n) is 7.78. The van der Waals surface area contributed by atoms with Crippen LogP contribution in [0.2, 0.25) is 5.02 Å². The standard InChI is InChI=1S/C18H22ClN3O2/c1-13-12-14(8-9-15(13)19)24-11-5-7-17(23)21-16-6-4-10-20-18(16)22(2)3/h4,6,8-10,12H,5,7,11H2,1-3H3,(H,21,23). The van der Waals surface area contributed by atoms with Crippen LogP contribution in [-0.4, -0.2) is 31.6 Å². The molecule has 0 radical (unpaired) electrons. The van der Waals surface area contributed by atoms with Gasteiger partial charge in [0.05, 0.1) is 12.3 Å². The second kappa shape index (κ2) is 8.55. The van der Waals surface area contributed by atoms with Crippen molar-refractivity contribution >= 4 is 29.0 Å². The molecule has 0 unspecified atom stereocenters. The fourth-order valence-electron chi connectivity index (χ4n) is 2.19. The Kier molecular flexibility index (Phi) is 6.44. The van der Waals surface area contributed by atoms with E-state index in [9.17, 15) is 4.79 Å². The number of rotatable bonds is 7. The lowest BCUT2D eigenvalue weighted by molar-refractivity contribution is -0.116. The van der Waals surface area contributed by atoms with Crippen molar-refractivity contribution in [2.75, 3.05) is 30.9 Å². The number of pyridine rings is 1. The molecule has 1 N–H and O–H groups in total. The largest absolute Gasteiger partial charge is 0.494 e. The predicted octanol–water partition coefficient (Wildman–Crippen LogP) is 3.91. The van der Waals surface area contributed by atoms with Crippen LogP contribution in [-0.2, 0) is 4.79 Å². The number of anilines is 2. The van der Waals surface area contributed by atoms with Crippen molar-refractivity contribution in [1.82, 2.24) is 4.98 Å². The van der Waals surface area contributed by atoms with Gasteiger partial charge in [0, 0.05) is 31.7 Å². The molecule has 0 saturated carbocycles. The van der Waals surface area contributed by atoms with E-state index in [0.717, 1.165) is 22.2 Å². The van der Waals surface area contributed by atoms with Gasteiger partial charge in [-0.2, -0.15) is 0 Å². The summed E-state index contributed by atoms with van der Waals surface area (Å²) in [5.74, 6) is 1.44. The zero-order valence-corrected chi connectivity index (χ0v) is 14.9. The fourth-order valence-corrected chi connectivity index (χ4v) is 2.31. The van der Waals surface area contributed by atoms with Crippen LogP contribution in [0.25, 0.3) is 0 Å². The summed E-state index contributed by atoms with van der Waals surface area (Å²) in [5.41, 5.74) is 1.68. The molecule has 1 heterocycles. The van der Waals surface area contributed by atoms with Crippen molar-refractivity contribution in [3.63, 3.8) is 0 Å². The number of hydrogen-bond donors (Lipinski definition) is 1. The van der Waals surface area contributed by atoms with Gasteiger partial charge in [-0.1, -0.05) is 11.6 Å². The van der Waals surface area contributed by atoms with E-state index in [0.29, 0.717) is 25.1 Å². The molecule has 1 amide bonds. The third kappa shape index (κ3) is 5.13. The van der Waals surface area contributed by atoms with E-state index < -0.39 is 0 Å². The number of nitrogens with zero attached hydrogens (tertiary/aromatic N) is 2. The molecule has 1 aromatic carbocycles. The zero-order valence-electron chi connectivity index (χ0n) is 14.2. The first-order chi connectivity index (χ1) is 11.5. The molecule has 0 atom stereocenters. The molecule has 0 aliphatic heterocycles. The highest BCUT2D eigenvalue weighted by molar-refractivity contribution is 6.31. The first kappa shape index (κ1) is 18.1. The lowest BCUT2D eigenvalue weighted by Gasteiger charge is -2.16. The third-order valence-electron chi connectivity index (χ3n) is 3.43. The highest BCUT2D eigenvalue weighted by atomic mass is 35.5. The van der Waals surface area contributed by atoms with E-state index in [1.165, 1.54) is 0 Å². The number of carbonyl (C=O) groups excluding carboxylic acids is 1. The van der Waals surface area contributed by atoms with Gasteiger partial charge in [0.2, 0.25) is 5.91 Å². The van der Waals surface area contributed by atoms with E-state index in [1.54, 1.807) is 12.3 Å².